The lowest BCUT2D eigenvalue weighted by atomic mass is 10.0. The molecule has 1 aromatic heterocycles. The predicted octanol–water partition coefficient (Wildman–Crippen LogP) is 4.92. The van der Waals surface area contributed by atoms with Gasteiger partial charge in [-0.05, 0) is 30.3 Å². The Morgan fingerprint density at radius 3 is 2.06 bits per heavy atom. The van der Waals surface area contributed by atoms with E-state index in [-0.39, 0.29) is 16.7 Å². The van der Waals surface area contributed by atoms with E-state index in [0.29, 0.717) is 32.2 Å². The minimum Gasteiger partial charge on any atom is -0.324 e. The van der Waals surface area contributed by atoms with Crippen molar-refractivity contribution in [2.24, 2.45) is 0 Å². The topological polar surface area (TPSA) is 76.6 Å². The van der Waals surface area contributed by atoms with Crippen molar-refractivity contribution in [2.45, 2.75) is 0 Å². The average Bonchev–Trinajstić information content (AvgIpc) is 3.03. The van der Waals surface area contributed by atoms with E-state index in [1.165, 1.54) is 12.1 Å². The van der Waals surface area contributed by atoms with Gasteiger partial charge < -0.3 is 4.84 Å². The fourth-order valence-electron chi connectivity index (χ4n) is 3.53. The van der Waals surface area contributed by atoms with Crippen LogP contribution in [0.1, 0.15) is 31.1 Å². The van der Waals surface area contributed by atoms with Crippen LogP contribution in [-0.2, 0) is 4.84 Å². The maximum absolute atomic E-state index is 13.1. The molecule has 2 heterocycles. The molecule has 0 radical (unpaired) electrons. The second-order valence-electron chi connectivity index (χ2n) is 6.88. The highest BCUT2D eigenvalue weighted by Crippen LogP contribution is 2.31. The van der Waals surface area contributed by atoms with Crippen molar-refractivity contribution in [3.05, 3.63) is 101 Å². The van der Waals surface area contributed by atoms with E-state index >= 15 is 0 Å². The van der Waals surface area contributed by atoms with Gasteiger partial charge >= 0.3 is 5.97 Å². The van der Waals surface area contributed by atoms with Gasteiger partial charge in [-0.25, -0.2) is 9.78 Å². The van der Waals surface area contributed by atoms with Crippen LogP contribution < -0.4 is 0 Å². The van der Waals surface area contributed by atoms with Crippen LogP contribution in [-0.4, -0.2) is 27.8 Å². The first-order valence-electron chi connectivity index (χ1n) is 9.39. The summed E-state index contributed by atoms with van der Waals surface area (Å²) in [5, 5.41) is 1.50. The van der Waals surface area contributed by atoms with Crippen LogP contribution in [0, 0.1) is 0 Å². The Kier molecular flexibility index (Phi) is 4.49. The Labute approximate surface area is 181 Å². The van der Waals surface area contributed by atoms with Crippen molar-refractivity contribution in [3.8, 4) is 11.3 Å². The molecule has 0 aliphatic carbocycles. The van der Waals surface area contributed by atoms with E-state index in [2.05, 4.69) is 4.98 Å². The normalized spacial score (nSPS) is 12.9. The number of amides is 2. The number of halogens is 1. The summed E-state index contributed by atoms with van der Waals surface area (Å²) in [6.45, 7) is 0. The quantitative estimate of drug-likeness (QED) is 0.433. The maximum Gasteiger partial charge on any atom is 0.364 e. The lowest BCUT2D eigenvalue weighted by Crippen LogP contribution is -2.32. The summed E-state index contributed by atoms with van der Waals surface area (Å²) in [4.78, 5) is 48.1. The average molecular weight is 429 g/mol. The third kappa shape index (κ3) is 3.14. The lowest BCUT2D eigenvalue weighted by molar-refractivity contribution is -0.0583. The second kappa shape index (κ2) is 7.34. The number of fused-ring (bicyclic) bond motifs is 2. The number of benzene rings is 3. The van der Waals surface area contributed by atoms with Gasteiger partial charge in [-0.1, -0.05) is 65.2 Å². The van der Waals surface area contributed by atoms with Crippen LogP contribution in [0.2, 0.25) is 5.02 Å². The fraction of sp³-hybridized carbons (Fsp3) is 0. The van der Waals surface area contributed by atoms with Crippen LogP contribution in [0.3, 0.4) is 0 Å². The summed E-state index contributed by atoms with van der Waals surface area (Å²) in [6.07, 6.45) is 0. The monoisotopic (exact) mass is 428 g/mol. The van der Waals surface area contributed by atoms with Gasteiger partial charge in [0.2, 0.25) is 0 Å². The van der Waals surface area contributed by atoms with Gasteiger partial charge in [-0.2, -0.15) is 0 Å². The van der Waals surface area contributed by atoms with E-state index in [4.69, 9.17) is 16.4 Å². The summed E-state index contributed by atoms with van der Waals surface area (Å²) in [5.74, 6) is -2.21. The predicted molar refractivity (Wildman–Crippen MR) is 115 cm³/mol. The summed E-state index contributed by atoms with van der Waals surface area (Å²) in [7, 11) is 0. The highest BCUT2D eigenvalue weighted by molar-refractivity contribution is 6.33. The Balaban J connectivity index is 1.57. The summed E-state index contributed by atoms with van der Waals surface area (Å²) >= 11 is 6.32. The smallest absolute Gasteiger partial charge is 0.324 e. The molecule has 0 bridgehead atoms. The number of pyridine rings is 1. The third-order valence-corrected chi connectivity index (χ3v) is 5.35. The number of nitrogens with zero attached hydrogens (tertiary/aromatic N) is 2. The number of hydrogen-bond donors (Lipinski definition) is 0. The number of hydrogen-bond acceptors (Lipinski definition) is 5. The van der Waals surface area contributed by atoms with Crippen molar-refractivity contribution in [1.82, 2.24) is 10.0 Å². The molecule has 31 heavy (non-hydrogen) atoms. The number of para-hydroxylation sites is 1. The van der Waals surface area contributed by atoms with Crippen LogP contribution in [0.5, 0.6) is 0 Å². The zero-order chi connectivity index (χ0) is 21.5. The molecule has 0 saturated carbocycles. The van der Waals surface area contributed by atoms with Crippen LogP contribution >= 0.6 is 11.6 Å². The molecular formula is C24H13ClN2O4. The molecule has 150 valence electrons. The first kappa shape index (κ1) is 19.0. The molecule has 6 nitrogen and oxygen atoms in total. The number of rotatable bonds is 3. The van der Waals surface area contributed by atoms with Crippen LogP contribution in [0.15, 0.2) is 78.9 Å². The second-order valence-corrected chi connectivity index (χ2v) is 7.29. The highest BCUT2D eigenvalue weighted by Gasteiger charge is 2.39. The standard InChI is InChI=1S/C24H13ClN2O4/c25-19-11-5-3-10-17(19)21-13-18(14-7-4-6-12-20(14)26-21)24(30)31-27-22(28)15-8-1-2-9-16(15)23(27)29/h1-13H. The molecule has 1 aliphatic heterocycles. The minimum atomic E-state index is -0.846. The third-order valence-electron chi connectivity index (χ3n) is 5.02. The van der Waals surface area contributed by atoms with Gasteiger partial charge in [0.1, 0.15) is 0 Å². The largest absolute Gasteiger partial charge is 0.364 e. The molecule has 0 saturated heterocycles. The Morgan fingerprint density at radius 1 is 0.806 bits per heavy atom. The van der Waals surface area contributed by atoms with Gasteiger partial charge in [0.25, 0.3) is 11.8 Å². The number of carbonyl (C=O) groups is 3. The van der Waals surface area contributed by atoms with Gasteiger partial charge in [0.15, 0.2) is 0 Å². The number of imide groups is 1. The van der Waals surface area contributed by atoms with Crippen LogP contribution in [0.4, 0.5) is 0 Å². The van der Waals surface area contributed by atoms with E-state index in [9.17, 15) is 14.4 Å². The summed E-state index contributed by atoms with van der Waals surface area (Å²) in [5.41, 5.74) is 2.21. The SMILES string of the molecule is O=C(ON1C(=O)c2ccccc2C1=O)c1cc(-c2ccccc2Cl)nc2ccccc12. The van der Waals surface area contributed by atoms with E-state index in [1.807, 2.05) is 6.07 Å². The van der Waals surface area contributed by atoms with E-state index < -0.39 is 17.8 Å². The van der Waals surface area contributed by atoms with Gasteiger partial charge in [0, 0.05) is 16.0 Å². The highest BCUT2D eigenvalue weighted by atomic mass is 35.5. The fourth-order valence-corrected chi connectivity index (χ4v) is 3.77. The van der Waals surface area contributed by atoms with Gasteiger partial charge in [-0.3, -0.25) is 9.59 Å². The summed E-state index contributed by atoms with van der Waals surface area (Å²) in [6, 6.07) is 22.0. The number of aromatic nitrogens is 1. The zero-order valence-corrected chi connectivity index (χ0v) is 16.7. The van der Waals surface area contributed by atoms with Crippen molar-refractivity contribution >= 4 is 40.3 Å². The zero-order valence-electron chi connectivity index (χ0n) is 15.9. The van der Waals surface area contributed by atoms with Crippen LogP contribution in [0.25, 0.3) is 22.2 Å². The molecule has 0 fully saturated rings. The van der Waals surface area contributed by atoms with E-state index in [1.54, 1.807) is 60.7 Å². The number of carbonyl (C=O) groups excluding carboxylic acids is 3. The molecule has 5 rings (SSSR count). The Hall–Kier alpha value is -4.03. The van der Waals surface area contributed by atoms with Gasteiger partial charge in [0.05, 0.1) is 27.9 Å². The molecule has 3 aromatic carbocycles. The summed E-state index contributed by atoms with van der Waals surface area (Å²) < 4.78 is 0. The Bertz CT molecular complexity index is 1360. The van der Waals surface area contributed by atoms with Crippen molar-refractivity contribution in [2.75, 3.05) is 0 Å². The number of hydroxylamine groups is 2. The first-order valence-corrected chi connectivity index (χ1v) is 9.77. The molecule has 0 N–H and O–H groups in total. The molecule has 0 spiro atoms. The molecule has 4 aromatic rings. The van der Waals surface area contributed by atoms with Gasteiger partial charge in [-0.15, -0.1) is 0 Å². The maximum atomic E-state index is 13.1. The molecule has 2 amide bonds. The van der Waals surface area contributed by atoms with Crippen molar-refractivity contribution < 1.29 is 19.2 Å². The molecule has 7 heteroatoms. The molecular weight excluding hydrogens is 416 g/mol. The van der Waals surface area contributed by atoms with Crippen molar-refractivity contribution in [1.29, 1.82) is 0 Å². The lowest BCUT2D eigenvalue weighted by Gasteiger charge is -2.14. The van der Waals surface area contributed by atoms with E-state index in [0.717, 1.165) is 0 Å². The molecule has 1 aliphatic rings. The minimum absolute atomic E-state index is 0.164. The molecule has 0 atom stereocenters. The Morgan fingerprint density at radius 2 is 1.39 bits per heavy atom. The van der Waals surface area contributed by atoms with Crippen molar-refractivity contribution in [3.63, 3.8) is 0 Å². The molecule has 0 unspecified atom stereocenters. The first-order chi connectivity index (χ1) is 15.0.